The SMILES string of the molecule is P[B]c1ccccc1. The van der Waals surface area contributed by atoms with Crippen molar-refractivity contribution in [2.75, 3.05) is 0 Å². The summed E-state index contributed by atoms with van der Waals surface area (Å²) in [6, 6.07) is 10.2. The van der Waals surface area contributed by atoms with E-state index < -0.39 is 0 Å². The Hall–Kier alpha value is -0.285. The van der Waals surface area contributed by atoms with E-state index in [0.29, 0.717) is 0 Å². The van der Waals surface area contributed by atoms with Crippen LogP contribution in [0.4, 0.5) is 0 Å². The van der Waals surface area contributed by atoms with Gasteiger partial charge in [-0.15, -0.1) is 0 Å². The van der Waals surface area contributed by atoms with Crippen LogP contribution in [0.2, 0.25) is 0 Å². The molecule has 1 unspecified atom stereocenters. The lowest BCUT2D eigenvalue weighted by atomic mass is 9.95. The van der Waals surface area contributed by atoms with Crippen LogP contribution >= 0.6 is 9.12 Å². The van der Waals surface area contributed by atoms with E-state index in [-0.39, 0.29) is 0 Å². The lowest BCUT2D eigenvalue weighted by Gasteiger charge is -1.88. The molecule has 1 atom stereocenters. The Labute approximate surface area is 52.7 Å². The monoisotopic (exact) mass is 121 g/mol. The predicted octanol–water partition coefficient (Wildman–Crippen LogP) is 0.806. The molecule has 0 aliphatic heterocycles. The minimum atomic E-state index is 1.25. The van der Waals surface area contributed by atoms with Crippen LogP contribution in [0.1, 0.15) is 0 Å². The van der Waals surface area contributed by atoms with Gasteiger partial charge in [0.25, 0.3) is 0 Å². The third-order valence-corrected chi connectivity index (χ3v) is 1.38. The second-order valence-corrected chi connectivity index (χ2v) is 1.91. The van der Waals surface area contributed by atoms with Crippen LogP contribution in [0, 0.1) is 0 Å². The molecule has 8 heavy (non-hydrogen) atoms. The predicted molar refractivity (Wildman–Crippen MR) is 41.5 cm³/mol. The number of rotatable bonds is 1. The molecule has 1 rings (SSSR count). The van der Waals surface area contributed by atoms with Crippen LogP contribution in [-0.2, 0) is 0 Å². The van der Waals surface area contributed by atoms with Crippen molar-refractivity contribution in [2.45, 2.75) is 0 Å². The number of hydrogen-bond donors (Lipinski definition) is 0. The van der Waals surface area contributed by atoms with Crippen molar-refractivity contribution in [1.82, 2.24) is 0 Å². The molecule has 0 N–H and O–H groups in total. The van der Waals surface area contributed by atoms with Gasteiger partial charge in [-0.2, -0.15) is 9.12 Å². The lowest BCUT2D eigenvalue weighted by Crippen LogP contribution is -2.05. The van der Waals surface area contributed by atoms with E-state index in [9.17, 15) is 0 Å². The van der Waals surface area contributed by atoms with E-state index >= 15 is 0 Å². The molecule has 0 spiro atoms. The summed E-state index contributed by atoms with van der Waals surface area (Å²) in [6.07, 6.45) is 0. The molecule has 0 heterocycles. The number of hydrogen-bond acceptors (Lipinski definition) is 0. The molecule has 0 saturated carbocycles. The number of benzene rings is 1. The molecule has 0 saturated heterocycles. The largest absolute Gasteiger partial charge is 0.178 e. The average molecular weight is 121 g/mol. The van der Waals surface area contributed by atoms with Gasteiger partial charge in [-0.05, 0) is 0 Å². The van der Waals surface area contributed by atoms with Crippen LogP contribution in [0.25, 0.3) is 0 Å². The molecule has 0 aromatic heterocycles. The molecule has 0 aliphatic carbocycles. The second kappa shape index (κ2) is 2.89. The summed E-state index contributed by atoms with van der Waals surface area (Å²) in [7, 11) is 2.57. The molecule has 0 amide bonds. The molecule has 1 aromatic rings. The summed E-state index contributed by atoms with van der Waals surface area (Å²) in [5.41, 5.74) is 1.25. The van der Waals surface area contributed by atoms with Crippen LogP contribution in [0.5, 0.6) is 0 Å². The molecule has 2 heteroatoms. The average Bonchev–Trinajstić information content (AvgIpc) is 1.90. The zero-order chi connectivity index (χ0) is 5.82. The summed E-state index contributed by atoms with van der Waals surface area (Å²) in [5.74, 6) is 0. The van der Waals surface area contributed by atoms with E-state index in [2.05, 4.69) is 21.3 Å². The van der Waals surface area contributed by atoms with Gasteiger partial charge in [-0.1, -0.05) is 35.8 Å². The minimum Gasteiger partial charge on any atom is -0.172 e. The molecule has 1 radical (unpaired) electrons. The van der Waals surface area contributed by atoms with Crippen molar-refractivity contribution >= 4 is 21.6 Å². The highest BCUT2D eigenvalue weighted by Gasteiger charge is 1.82. The van der Waals surface area contributed by atoms with Gasteiger partial charge in [-0.25, -0.2) is 0 Å². The molecule has 0 nitrogen and oxygen atoms in total. The molecule has 39 valence electrons. The van der Waals surface area contributed by atoms with E-state index in [0.717, 1.165) is 0 Å². The Morgan fingerprint density at radius 2 is 1.75 bits per heavy atom. The summed E-state index contributed by atoms with van der Waals surface area (Å²) in [5, 5.41) is 0. The van der Waals surface area contributed by atoms with E-state index in [4.69, 9.17) is 0 Å². The summed E-state index contributed by atoms with van der Waals surface area (Å²) < 4.78 is 0. The summed E-state index contributed by atoms with van der Waals surface area (Å²) in [4.78, 5) is 0. The maximum absolute atomic E-state index is 2.57. The van der Waals surface area contributed by atoms with Gasteiger partial charge in [-0.3, -0.25) is 0 Å². The Morgan fingerprint density at radius 1 is 1.12 bits per heavy atom. The van der Waals surface area contributed by atoms with Gasteiger partial charge in [0, 0.05) is 0 Å². The topological polar surface area (TPSA) is 0 Å². The van der Waals surface area contributed by atoms with E-state index in [1.807, 2.05) is 25.2 Å². The molecule has 1 aromatic carbocycles. The molecule has 0 bridgehead atoms. The smallest absolute Gasteiger partial charge is 0.172 e. The van der Waals surface area contributed by atoms with Gasteiger partial charge < -0.3 is 0 Å². The summed E-state index contributed by atoms with van der Waals surface area (Å²) >= 11 is 0. The zero-order valence-electron chi connectivity index (χ0n) is 4.54. The van der Waals surface area contributed by atoms with Crippen molar-refractivity contribution < 1.29 is 0 Å². The zero-order valence-corrected chi connectivity index (χ0v) is 5.70. The maximum atomic E-state index is 2.57. The van der Waals surface area contributed by atoms with Crippen molar-refractivity contribution in [3.8, 4) is 0 Å². The molecular weight excluding hydrogens is 114 g/mol. The molecular formula is C6H7BP. The first-order valence-electron chi connectivity index (χ1n) is 2.53. The van der Waals surface area contributed by atoms with Crippen molar-refractivity contribution in [1.29, 1.82) is 0 Å². The Bertz CT molecular complexity index is 150. The van der Waals surface area contributed by atoms with Crippen molar-refractivity contribution in [3.63, 3.8) is 0 Å². The maximum Gasteiger partial charge on any atom is 0.178 e. The van der Waals surface area contributed by atoms with Crippen LogP contribution in [-0.4, -0.2) is 7.00 Å². The van der Waals surface area contributed by atoms with E-state index in [1.54, 1.807) is 0 Å². The van der Waals surface area contributed by atoms with Gasteiger partial charge >= 0.3 is 0 Å². The van der Waals surface area contributed by atoms with Crippen LogP contribution in [0.15, 0.2) is 30.3 Å². The van der Waals surface area contributed by atoms with Crippen molar-refractivity contribution in [2.24, 2.45) is 0 Å². The van der Waals surface area contributed by atoms with Crippen LogP contribution < -0.4 is 5.46 Å². The van der Waals surface area contributed by atoms with Gasteiger partial charge in [0.15, 0.2) is 7.00 Å². The first-order chi connectivity index (χ1) is 3.93. The third kappa shape index (κ3) is 1.35. The summed E-state index contributed by atoms with van der Waals surface area (Å²) in [6.45, 7) is 2.00. The standard InChI is InChI=1S/C6H7BP/c8-7-6-4-2-1-3-5-6/h1-5H,8H2. The minimum absolute atomic E-state index is 1.25. The Balaban J connectivity index is 2.83. The highest BCUT2D eigenvalue weighted by atomic mass is 31.0. The Morgan fingerprint density at radius 3 is 2.12 bits per heavy atom. The Kier molecular flexibility index (Phi) is 2.11. The van der Waals surface area contributed by atoms with Gasteiger partial charge in [0.05, 0.1) is 0 Å². The molecule has 0 fully saturated rings. The normalized spacial score (nSPS) is 8.62. The lowest BCUT2D eigenvalue weighted by molar-refractivity contribution is 1.77. The van der Waals surface area contributed by atoms with E-state index in [1.165, 1.54) is 5.46 Å². The van der Waals surface area contributed by atoms with Gasteiger partial charge in [0.1, 0.15) is 0 Å². The van der Waals surface area contributed by atoms with Crippen LogP contribution in [0.3, 0.4) is 0 Å². The highest BCUT2D eigenvalue weighted by molar-refractivity contribution is 7.58. The van der Waals surface area contributed by atoms with Crippen molar-refractivity contribution in [3.05, 3.63) is 30.3 Å². The second-order valence-electron chi connectivity index (χ2n) is 1.58. The van der Waals surface area contributed by atoms with Gasteiger partial charge in [0.2, 0.25) is 0 Å². The quantitative estimate of drug-likeness (QED) is 0.380. The fourth-order valence-corrected chi connectivity index (χ4v) is 0.786. The highest BCUT2D eigenvalue weighted by Crippen LogP contribution is 1.83. The molecule has 0 aliphatic rings. The first kappa shape index (κ1) is 5.84. The fraction of sp³-hybridized carbons (Fsp3) is 0. The fourth-order valence-electron chi connectivity index (χ4n) is 0.564. The first-order valence-corrected chi connectivity index (χ1v) is 3.20. The third-order valence-electron chi connectivity index (χ3n) is 0.992.